The number of amides is 1. The standard InChI is InChI=1S/C17H18N2OS/c1-2-15-8-9-16(21-15)17(20)19-12-14-6-3-5-13(11-14)7-4-10-18/h3,5-6,8-9,11H,2,10,12,18H2,1H3,(H,19,20). The number of carbonyl (C=O) groups excluding carboxylic acids is 1. The van der Waals surface area contributed by atoms with Crippen molar-refractivity contribution >= 4 is 17.2 Å². The quantitative estimate of drug-likeness (QED) is 0.852. The lowest BCUT2D eigenvalue weighted by molar-refractivity contribution is 0.0955. The number of thiophene rings is 1. The van der Waals surface area contributed by atoms with Gasteiger partial charge in [-0.25, -0.2) is 0 Å². The summed E-state index contributed by atoms with van der Waals surface area (Å²) in [7, 11) is 0. The van der Waals surface area contributed by atoms with Gasteiger partial charge < -0.3 is 11.1 Å². The third-order valence-corrected chi connectivity index (χ3v) is 4.18. The van der Waals surface area contributed by atoms with E-state index in [0.717, 1.165) is 22.4 Å². The van der Waals surface area contributed by atoms with Crippen LogP contribution in [0.15, 0.2) is 36.4 Å². The van der Waals surface area contributed by atoms with Gasteiger partial charge in [0.05, 0.1) is 11.4 Å². The number of nitrogens with two attached hydrogens (primary N) is 1. The number of hydrogen-bond donors (Lipinski definition) is 2. The van der Waals surface area contributed by atoms with Crippen molar-refractivity contribution in [1.82, 2.24) is 5.32 Å². The summed E-state index contributed by atoms with van der Waals surface area (Å²) in [5, 5.41) is 2.93. The zero-order chi connectivity index (χ0) is 15.1. The Kier molecular flexibility index (Phi) is 5.56. The van der Waals surface area contributed by atoms with Gasteiger partial charge in [0.25, 0.3) is 5.91 Å². The molecule has 21 heavy (non-hydrogen) atoms. The summed E-state index contributed by atoms with van der Waals surface area (Å²) in [5.74, 6) is 5.78. The summed E-state index contributed by atoms with van der Waals surface area (Å²) in [6.45, 7) is 2.93. The molecule has 0 aliphatic heterocycles. The molecule has 0 saturated carbocycles. The third-order valence-electron chi connectivity index (χ3n) is 2.95. The molecule has 1 heterocycles. The normalized spacial score (nSPS) is 9.81. The summed E-state index contributed by atoms with van der Waals surface area (Å²) < 4.78 is 0. The highest BCUT2D eigenvalue weighted by Gasteiger charge is 2.08. The molecule has 2 aromatic rings. The molecule has 0 spiro atoms. The average molecular weight is 298 g/mol. The van der Waals surface area contributed by atoms with E-state index in [1.54, 1.807) is 11.3 Å². The van der Waals surface area contributed by atoms with Crippen LogP contribution in [-0.4, -0.2) is 12.5 Å². The lowest BCUT2D eigenvalue weighted by atomic mass is 10.1. The summed E-state index contributed by atoms with van der Waals surface area (Å²) in [4.78, 5) is 14.0. The average Bonchev–Trinajstić information content (AvgIpc) is 3.00. The van der Waals surface area contributed by atoms with Crippen LogP contribution < -0.4 is 11.1 Å². The van der Waals surface area contributed by atoms with Gasteiger partial charge >= 0.3 is 0 Å². The largest absolute Gasteiger partial charge is 0.347 e. The van der Waals surface area contributed by atoms with Crippen LogP contribution in [0.4, 0.5) is 0 Å². The second-order valence-electron chi connectivity index (χ2n) is 4.51. The van der Waals surface area contributed by atoms with Crippen molar-refractivity contribution in [1.29, 1.82) is 0 Å². The molecule has 1 aromatic carbocycles. The van der Waals surface area contributed by atoms with Crippen LogP contribution in [0.2, 0.25) is 0 Å². The Balaban J connectivity index is 1.97. The summed E-state index contributed by atoms with van der Waals surface area (Å²) >= 11 is 1.54. The Hall–Kier alpha value is -2.09. The van der Waals surface area contributed by atoms with E-state index in [2.05, 4.69) is 24.1 Å². The predicted octanol–water partition coefficient (Wildman–Crippen LogP) is 2.55. The van der Waals surface area contributed by atoms with Crippen molar-refractivity contribution in [2.24, 2.45) is 5.73 Å². The first-order valence-electron chi connectivity index (χ1n) is 6.87. The zero-order valence-corrected chi connectivity index (χ0v) is 12.8. The molecule has 0 bridgehead atoms. The molecule has 0 fully saturated rings. The highest BCUT2D eigenvalue weighted by molar-refractivity contribution is 7.14. The molecule has 3 nitrogen and oxygen atoms in total. The van der Waals surface area contributed by atoms with Crippen molar-refractivity contribution in [3.05, 3.63) is 57.3 Å². The van der Waals surface area contributed by atoms with Gasteiger partial charge in [-0.05, 0) is 36.2 Å². The zero-order valence-electron chi connectivity index (χ0n) is 12.0. The minimum atomic E-state index is -0.0295. The summed E-state index contributed by atoms with van der Waals surface area (Å²) in [5.41, 5.74) is 7.30. The Labute approximate surface area is 129 Å². The first-order valence-corrected chi connectivity index (χ1v) is 7.69. The minimum absolute atomic E-state index is 0.0295. The minimum Gasteiger partial charge on any atom is -0.347 e. The lowest BCUT2D eigenvalue weighted by Gasteiger charge is -2.04. The Morgan fingerprint density at radius 2 is 2.19 bits per heavy atom. The van der Waals surface area contributed by atoms with Gasteiger partial charge in [-0.3, -0.25) is 4.79 Å². The second kappa shape index (κ2) is 7.63. The number of rotatable bonds is 4. The van der Waals surface area contributed by atoms with E-state index in [0.29, 0.717) is 13.1 Å². The molecule has 4 heteroatoms. The number of carbonyl (C=O) groups is 1. The van der Waals surface area contributed by atoms with Crippen molar-refractivity contribution < 1.29 is 4.79 Å². The molecule has 108 valence electrons. The van der Waals surface area contributed by atoms with Gasteiger partial charge in [0.2, 0.25) is 0 Å². The van der Waals surface area contributed by atoms with Crippen LogP contribution in [0.25, 0.3) is 0 Å². The van der Waals surface area contributed by atoms with Gasteiger partial charge in [-0.1, -0.05) is 30.9 Å². The molecule has 3 N–H and O–H groups in total. The molecule has 0 saturated heterocycles. The van der Waals surface area contributed by atoms with Gasteiger partial charge in [0.1, 0.15) is 0 Å². The van der Waals surface area contributed by atoms with Crippen LogP contribution in [0, 0.1) is 11.8 Å². The van der Waals surface area contributed by atoms with Gasteiger partial charge in [0, 0.05) is 17.0 Å². The van der Waals surface area contributed by atoms with Crippen molar-refractivity contribution in [2.45, 2.75) is 19.9 Å². The Bertz CT molecular complexity index is 679. The fourth-order valence-electron chi connectivity index (χ4n) is 1.87. The fourth-order valence-corrected chi connectivity index (χ4v) is 2.74. The predicted molar refractivity (Wildman–Crippen MR) is 87.2 cm³/mol. The molecule has 1 aromatic heterocycles. The third kappa shape index (κ3) is 4.45. The maximum absolute atomic E-state index is 12.1. The second-order valence-corrected chi connectivity index (χ2v) is 5.68. The molecular formula is C17H18N2OS. The van der Waals surface area contributed by atoms with Gasteiger partial charge in [0.15, 0.2) is 0 Å². The van der Waals surface area contributed by atoms with E-state index in [1.165, 1.54) is 4.88 Å². The maximum atomic E-state index is 12.1. The van der Waals surface area contributed by atoms with E-state index < -0.39 is 0 Å². The van der Waals surface area contributed by atoms with Crippen LogP contribution in [-0.2, 0) is 13.0 Å². The monoisotopic (exact) mass is 298 g/mol. The first kappa shape index (κ1) is 15.3. The summed E-state index contributed by atoms with van der Waals surface area (Å²) in [6, 6.07) is 11.7. The van der Waals surface area contributed by atoms with E-state index in [9.17, 15) is 4.79 Å². The highest BCUT2D eigenvalue weighted by Crippen LogP contribution is 2.16. The van der Waals surface area contributed by atoms with E-state index in [-0.39, 0.29) is 5.91 Å². The lowest BCUT2D eigenvalue weighted by Crippen LogP contribution is -2.21. The fraction of sp³-hybridized carbons (Fsp3) is 0.235. The number of hydrogen-bond acceptors (Lipinski definition) is 3. The van der Waals surface area contributed by atoms with Crippen LogP contribution in [0.3, 0.4) is 0 Å². The Morgan fingerprint density at radius 3 is 2.90 bits per heavy atom. The number of benzene rings is 1. The Morgan fingerprint density at radius 1 is 1.33 bits per heavy atom. The first-order chi connectivity index (χ1) is 10.2. The van der Waals surface area contributed by atoms with Gasteiger partial charge in [-0.2, -0.15) is 0 Å². The van der Waals surface area contributed by atoms with Gasteiger partial charge in [-0.15, -0.1) is 11.3 Å². The molecule has 0 aliphatic carbocycles. The van der Waals surface area contributed by atoms with E-state index in [1.807, 2.05) is 36.4 Å². The molecule has 1 amide bonds. The van der Waals surface area contributed by atoms with Crippen molar-refractivity contribution in [3.8, 4) is 11.8 Å². The molecule has 0 atom stereocenters. The number of aryl methyl sites for hydroxylation is 1. The molecule has 0 radical (unpaired) electrons. The van der Waals surface area contributed by atoms with Crippen LogP contribution >= 0.6 is 11.3 Å². The summed E-state index contributed by atoms with van der Waals surface area (Å²) in [6.07, 6.45) is 0.958. The van der Waals surface area contributed by atoms with Crippen molar-refractivity contribution in [2.75, 3.05) is 6.54 Å². The van der Waals surface area contributed by atoms with Crippen LogP contribution in [0.5, 0.6) is 0 Å². The molecule has 0 aliphatic rings. The molecular weight excluding hydrogens is 280 g/mol. The molecule has 0 unspecified atom stereocenters. The number of nitrogens with one attached hydrogen (secondary N) is 1. The van der Waals surface area contributed by atoms with Crippen LogP contribution in [0.1, 0.15) is 32.6 Å². The maximum Gasteiger partial charge on any atom is 0.261 e. The molecule has 2 rings (SSSR count). The smallest absolute Gasteiger partial charge is 0.261 e. The van der Waals surface area contributed by atoms with E-state index >= 15 is 0 Å². The highest BCUT2D eigenvalue weighted by atomic mass is 32.1. The SMILES string of the molecule is CCc1ccc(C(=O)NCc2cccc(C#CCN)c2)s1. The topological polar surface area (TPSA) is 55.1 Å². The van der Waals surface area contributed by atoms with Crippen molar-refractivity contribution in [3.63, 3.8) is 0 Å². The van der Waals surface area contributed by atoms with E-state index in [4.69, 9.17) is 5.73 Å².